The number of rotatable bonds is 0. The van der Waals surface area contributed by atoms with Crippen LogP contribution in [0.15, 0.2) is 24.3 Å². The van der Waals surface area contributed by atoms with E-state index in [9.17, 15) is 4.79 Å². The van der Waals surface area contributed by atoms with Crippen molar-refractivity contribution in [2.75, 3.05) is 13.2 Å². The Kier molecular flexibility index (Phi) is 2.39. The highest BCUT2D eigenvalue weighted by atomic mass is 16.7. The van der Waals surface area contributed by atoms with Crippen LogP contribution >= 0.6 is 0 Å². The molecule has 1 saturated heterocycles. The molecule has 3 nitrogen and oxygen atoms in total. The number of ketones is 1. The van der Waals surface area contributed by atoms with Crippen LogP contribution in [0.5, 0.6) is 0 Å². The summed E-state index contributed by atoms with van der Waals surface area (Å²) in [6.07, 6.45) is 4.10. The largest absolute Gasteiger partial charge is 0.343 e. The Bertz CT molecular complexity index is 519. The highest BCUT2D eigenvalue weighted by molar-refractivity contribution is 5.79. The minimum atomic E-state index is -0.579. The Hall–Kier alpha value is -1.19. The van der Waals surface area contributed by atoms with E-state index in [4.69, 9.17) is 9.47 Å². The van der Waals surface area contributed by atoms with Gasteiger partial charge in [-0.15, -0.1) is 0 Å². The van der Waals surface area contributed by atoms with E-state index in [1.54, 1.807) is 0 Å². The first kappa shape index (κ1) is 11.6. The summed E-state index contributed by atoms with van der Waals surface area (Å²) in [6.45, 7) is 1.31. The zero-order chi connectivity index (χ0) is 12.9. The summed E-state index contributed by atoms with van der Waals surface area (Å²) in [7, 11) is 0. The van der Waals surface area contributed by atoms with Crippen LogP contribution in [0.4, 0.5) is 0 Å². The fourth-order valence-corrected chi connectivity index (χ4v) is 4.15. The van der Waals surface area contributed by atoms with Crippen molar-refractivity contribution < 1.29 is 14.3 Å². The highest BCUT2D eigenvalue weighted by Crippen LogP contribution is 2.60. The average molecular weight is 258 g/mol. The van der Waals surface area contributed by atoms with Crippen molar-refractivity contribution in [3.8, 4) is 0 Å². The second kappa shape index (κ2) is 3.90. The molecule has 2 spiro atoms. The quantitative estimate of drug-likeness (QED) is 0.717. The second-order valence-electron chi connectivity index (χ2n) is 5.97. The van der Waals surface area contributed by atoms with E-state index in [1.807, 2.05) is 0 Å². The summed E-state index contributed by atoms with van der Waals surface area (Å²) in [6, 6.07) is 8.44. The van der Waals surface area contributed by atoms with Crippen LogP contribution in [0.2, 0.25) is 0 Å². The number of hydrogen-bond donors (Lipinski definition) is 0. The van der Waals surface area contributed by atoms with Crippen LogP contribution in [0.25, 0.3) is 0 Å². The minimum Gasteiger partial charge on any atom is -0.343 e. The highest BCUT2D eigenvalue weighted by Gasteiger charge is 2.62. The lowest BCUT2D eigenvalue weighted by Crippen LogP contribution is -2.46. The summed E-state index contributed by atoms with van der Waals surface area (Å²) in [5.74, 6) is -0.195. The number of Topliss-reactive ketones (excluding diaryl/α,β-unsaturated/α-hetero) is 1. The lowest BCUT2D eigenvalue weighted by Gasteiger charge is -2.44. The fourth-order valence-electron chi connectivity index (χ4n) is 4.15. The van der Waals surface area contributed by atoms with Gasteiger partial charge in [0.15, 0.2) is 0 Å². The lowest BCUT2D eigenvalue weighted by molar-refractivity contribution is -0.246. The van der Waals surface area contributed by atoms with E-state index < -0.39 is 5.79 Å². The molecule has 1 aromatic carbocycles. The standard InChI is InChI=1S/C16H18O3/c17-13-5-7-15(8-6-13)11-12-3-1-2-4-14(12)16(15)18-9-10-19-16/h1-4H,5-11H2. The zero-order valence-electron chi connectivity index (χ0n) is 11.0. The first-order chi connectivity index (χ1) is 9.26. The molecule has 0 radical (unpaired) electrons. The smallest absolute Gasteiger partial charge is 0.201 e. The first-order valence-corrected chi connectivity index (χ1v) is 7.14. The number of hydrogen-bond acceptors (Lipinski definition) is 3. The van der Waals surface area contributed by atoms with Crippen molar-refractivity contribution in [3.63, 3.8) is 0 Å². The molecule has 2 aliphatic carbocycles. The Morgan fingerprint density at radius 3 is 2.42 bits per heavy atom. The third-order valence-electron chi connectivity index (χ3n) is 5.06. The molecule has 0 aromatic heterocycles. The van der Waals surface area contributed by atoms with Gasteiger partial charge >= 0.3 is 0 Å². The van der Waals surface area contributed by atoms with Crippen molar-refractivity contribution in [1.29, 1.82) is 0 Å². The van der Waals surface area contributed by atoms with Gasteiger partial charge in [0.2, 0.25) is 5.79 Å². The maximum Gasteiger partial charge on any atom is 0.201 e. The maximum absolute atomic E-state index is 11.6. The molecule has 0 bridgehead atoms. The van der Waals surface area contributed by atoms with Crippen LogP contribution in [0.1, 0.15) is 36.8 Å². The van der Waals surface area contributed by atoms with Crippen molar-refractivity contribution in [2.45, 2.75) is 37.9 Å². The Morgan fingerprint density at radius 2 is 1.68 bits per heavy atom. The second-order valence-corrected chi connectivity index (χ2v) is 5.97. The van der Waals surface area contributed by atoms with E-state index in [0.29, 0.717) is 31.8 Å². The molecule has 1 aromatic rings. The van der Waals surface area contributed by atoms with E-state index in [-0.39, 0.29) is 5.41 Å². The average Bonchev–Trinajstić information content (AvgIpc) is 3.02. The van der Waals surface area contributed by atoms with Gasteiger partial charge in [0, 0.05) is 23.8 Å². The van der Waals surface area contributed by atoms with Gasteiger partial charge in [0.1, 0.15) is 5.78 Å². The third kappa shape index (κ3) is 1.43. The maximum atomic E-state index is 11.6. The third-order valence-corrected chi connectivity index (χ3v) is 5.06. The van der Waals surface area contributed by atoms with Crippen LogP contribution < -0.4 is 0 Å². The summed E-state index contributed by atoms with van der Waals surface area (Å²) < 4.78 is 12.2. The molecule has 0 unspecified atom stereocenters. The van der Waals surface area contributed by atoms with E-state index in [0.717, 1.165) is 19.3 Å². The van der Waals surface area contributed by atoms with Crippen molar-refractivity contribution in [2.24, 2.45) is 5.41 Å². The topological polar surface area (TPSA) is 35.5 Å². The van der Waals surface area contributed by atoms with Crippen LogP contribution in [0, 0.1) is 5.41 Å². The molecular formula is C16H18O3. The molecule has 100 valence electrons. The minimum absolute atomic E-state index is 0.0267. The van der Waals surface area contributed by atoms with Crippen molar-refractivity contribution >= 4 is 5.78 Å². The van der Waals surface area contributed by atoms with Gasteiger partial charge in [-0.1, -0.05) is 24.3 Å². The van der Waals surface area contributed by atoms with Gasteiger partial charge in [0.25, 0.3) is 0 Å². The Morgan fingerprint density at radius 1 is 1.00 bits per heavy atom. The Balaban J connectivity index is 1.83. The molecular weight excluding hydrogens is 240 g/mol. The van der Waals surface area contributed by atoms with Crippen LogP contribution in [-0.2, 0) is 26.5 Å². The predicted molar refractivity (Wildman–Crippen MR) is 69.6 cm³/mol. The normalized spacial score (nSPS) is 27.1. The lowest BCUT2D eigenvalue weighted by atomic mass is 9.68. The molecule has 0 amide bonds. The number of ether oxygens (including phenoxy) is 2. The summed E-state index contributed by atoms with van der Waals surface area (Å²) >= 11 is 0. The van der Waals surface area contributed by atoms with Crippen LogP contribution in [-0.4, -0.2) is 19.0 Å². The first-order valence-electron chi connectivity index (χ1n) is 7.14. The number of carbonyl (C=O) groups excluding carboxylic acids is 1. The molecule has 3 aliphatic rings. The number of fused-ring (bicyclic) bond motifs is 3. The van der Waals surface area contributed by atoms with Crippen molar-refractivity contribution in [1.82, 2.24) is 0 Å². The number of carbonyl (C=O) groups is 1. The van der Waals surface area contributed by atoms with Gasteiger partial charge in [-0.3, -0.25) is 4.79 Å². The summed E-state index contributed by atoms with van der Waals surface area (Å²) in [4.78, 5) is 11.6. The van der Waals surface area contributed by atoms with E-state index in [1.165, 1.54) is 11.1 Å². The van der Waals surface area contributed by atoms with Crippen LogP contribution in [0.3, 0.4) is 0 Å². The molecule has 1 aliphatic heterocycles. The van der Waals surface area contributed by atoms with Gasteiger partial charge in [-0.25, -0.2) is 0 Å². The molecule has 1 saturated carbocycles. The zero-order valence-corrected chi connectivity index (χ0v) is 11.0. The van der Waals surface area contributed by atoms with Gasteiger partial charge < -0.3 is 9.47 Å². The number of benzene rings is 1. The molecule has 3 heteroatoms. The monoisotopic (exact) mass is 258 g/mol. The van der Waals surface area contributed by atoms with Gasteiger partial charge in [-0.2, -0.15) is 0 Å². The van der Waals surface area contributed by atoms with Gasteiger partial charge in [0.05, 0.1) is 13.2 Å². The molecule has 2 fully saturated rings. The molecule has 1 heterocycles. The molecule has 19 heavy (non-hydrogen) atoms. The summed E-state index contributed by atoms with van der Waals surface area (Å²) in [5, 5.41) is 0. The van der Waals surface area contributed by atoms with Gasteiger partial charge in [-0.05, 0) is 24.8 Å². The SMILES string of the molecule is O=C1CCC2(CC1)Cc1ccccc1C21OCCO1. The molecule has 0 N–H and O–H groups in total. The molecule has 4 rings (SSSR count). The molecule has 0 atom stereocenters. The fraction of sp³-hybridized carbons (Fsp3) is 0.562. The van der Waals surface area contributed by atoms with Crippen molar-refractivity contribution in [3.05, 3.63) is 35.4 Å². The Labute approximate surface area is 112 Å². The van der Waals surface area contributed by atoms with E-state index >= 15 is 0 Å². The summed E-state index contributed by atoms with van der Waals surface area (Å²) in [5.41, 5.74) is 2.50. The van der Waals surface area contributed by atoms with E-state index in [2.05, 4.69) is 24.3 Å². The predicted octanol–water partition coefficient (Wildman–Crippen LogP) is 2.57.